The fourth-order valence-electron chi connectivity index (χ4n) is 3.42. The summed E-state index contributed by atoms with van der Waals surface area (Å²) in [5.74, 6) is 1.02. The lowest BCUT2D eigenvalue weighted by molar-refractivity contribution is -0.120. The van der Waals surface area contributed by atoms with Crippen molar-refractivity contribution in [1.82, 2.24) is 10.2 Å². The Morgan fingerprint density at radius 3 is 2.57 bits per heavy atom. The molecule has 1 fully saturated rings. The average Bonchev–Trinajstić information content (AvgIpc) is 3.29. The quantitative estimate of drug-likeness (QED) is 0.638. The zero-order chi connectivity index (χ0) is 21.1. The molecule has 1 unspecified atom stereocenters. The Labute approximate surface area is 174 Å². The zero-order valence-corrected chi connectivity index (χ0v) is 16.9. The number of carbonyl (C=O) groups is 1. The maximum absolute atomic E-state index is 12.7. The molecule has 156 valence electrons. The first-order valence-corrected chi connectivity index (χ1v) is 11.0. The SMILES string of the molecule is NS(=O)(=O)c1ccc(NC(=O)C2CCCN(c3ccc(-c4ccco4)nn3)C2)cc1. The molecular formula is C20H21N5O4S. The monoisotopic (exact) mass is 427 g/mol. The Bertz CT molecular complexity index is 1110. The maximum Gasteiger partial charge on any atom is 0.238 e. The van der Waals surface area contributed by atoms with E-state index in [9.17, 15) is 13.2 Å². The summed E-state index contributed by atoms with van der Waals surface area (Å²) < 4.78 is 28.0. The van der Waals surface area contributed by atoms with Crippen molar-refractivity contribution in [3.63, 3.8) is 0 Å². The third-order valence-corrected chi connectivity index (χ3v) is 5.92. The highest BCUT2D eigenvalue weighted by molar-refractivity contribution is 7.89. The van der Waals surface area contributed by atoms with Crippen LogP contribution in [0, 0.1) is 5.92 Å². The predicted octanol–water partition coefficient (Wildman–Crippen LogP) is 2.24. The number of amides is 1. The summed E-state index contributed by atoms with van der Waals surface area (Å²) in [6, 6.07) is 13.1. The smallest absolute Gasteiger partial charge is 0.238 e. The number of nitrogens with one attached hydrogen (secondary N) is 1. The molecule has 2 aromatic heterocycles. The molecule has 0 spiro atoms. The van der Waals surface area contributed by atoms with Gasteiger partial charge >= 0.3 is 0 Å². The summed E-state index contributed by atoms with van der Waals surface area (Å²) in [5, 5.41) is 16.4. The van der Waals surface area contributed by atoms with E-state index in [1.165, 1.54) is 24.3 Å². The lowest BCUT2D eigenvalue weighted by Crippen LogP contribution is -2.41. The molecule has 30 heavy (non-hydrogen) atoms. The highest BCUT2D eigenvalue weighted by Crippen LogP contribution is 2.24. The number of hydrogen-bond donors (Lipinski definition) is 2. The lowest BCUT2D eigenvalue weighted by atomic mass is 9.97. The molecule has 0 saturated carbocycles. The normalized spacial score (nSPS) is 17.0. The fourth-order valence-corrected chi connectivity index (χ4v) is 3.94. The van der Waals surface area contributed by atoms with Gasteiger partial charge in [-0.3, -0.25) is 4.79 Å². The molecule has 3 heterocycles. The molecule has 3 aromatic rings. The van der Waals surface area contributed by atoms with E-state index in [1.807, 2.05) is 23.1 Å². The third-order valence-electron chi connectivity index (χ3n) is 4.99. The Morgan fingerprint density at radius 1 is 1.13 bits per heavy atom. The van der Waals surface area contributed by atoms with Crippen molar-refractivity contribution in [1.29, 1.82) is 0 Å². The number of anilines is 2. The molecule has 1 atom stereocenters. The van der Waals surface area contributed by atoms with Gasteiger partial charge in [0.15, 0.2) is 11.6 Å². The molecule has 1 saturated heterocycles. The van der Waals surface area contributed by atoms with Gasteiger partial charge in [-0.2, -0.15) is 0 Å². The van der Waals surface area contributed by atoms with Crippen molar-refractivity contribution in [2.24, 2.45) is 11.1 Å². The summed E-state index contributed by atoms with van der Waals surface area (Å²) in [6.07, 6.45) is 3.20. The maximum atomic E-state index is 12.7. The van der Waals surface area contributed by atoms with Crippen LogP contribution in [-0.4, -0.2) is 37.6 Å². The van der Waals surface area contributed by atoms with Crippen LogP contribution in [0.3, 0.4) is 0 Å². The second-order valence-electron chi connectivity index (χ2n) is 7.10. The Balaban J connectivity index is 1.40. The van der Waals surface area contributed by atoms with Gasteiger partial charge in [0.2, 0.25) is 15.9 Å². The van der Waals surface area contributed by atoms with E-state index in [2.05, 4.69) is 15.5 Å². The number of sulfonamides is 1. The van der Waals surface area contributed by atoms with Crippen molar-refractivity contribution in [2.45, 2.75) is 17.7 Å². The molecule has 1 amide bonds. The summed E-state index contributed by atoms with van der Waals surface area (Å²) in [7, 11) is -3.76. The first-order chi connectivity index (χ1) is 14.4. The van der Waals surface area contributed by atoms with E-state index in [0.29, 0.717) is 29.5 Å². The highest BCUT2D eigenvalue weighted by Gasteiger charge is 2.27. The number of rotatable bonds is 5. The van der Waals surface area contributed by atoms with Crippen molar-refractivity contribution in [3.05, 3.63) is 54.8 Å². The predicted molar refractivity (Wildman–Crippen MR) is 111 cm³/mol. The lowest BCUT2D eigenvalue weighted by Gasteiger charge is -2.32. The Morgan fingerprint density at radius 2 is 1.93 bits per heavy atom. The summed E-state index contributed by atoms with van der Waals surface area (Å²) in [6.45, 7) is 1.32. The van der Waals surface area contributed by atoms with E-state index < -0.39 is 10.0 Å². The number of nitrogens with zero attached hydrogens (tertiary/aromatic N) is 3. The van der Waals surface area contributed by atoms with Crippen LogP contribution in [0.4, 0.5) is 11.5 Å². The summed E-state index contributed by atoms with van der Waals surface area (Å²) >= 11 is 0. The Kier molecular flexibility index (Phi) is 5.51. The second-order valence-corrected chi connectivity index (χ2v) is 8.66. The van der Waals surface area contributed by atoms with Gasteiger partial charge in [0.25, 0.3) is 0 Å². The van der Waals surface area contributed by atoms with Gasteiger partial charge in [-0.15, -0.1) is 10.2 Å². The van der Waals surface area contributed by atoms with Crippen LogP contribution in [-0.2, 0) is 14.8 Å². The number of carbonyl (C=O) groups excluding carboxylic acids is 1. The number of hydrogen-bond acceptors (Lipinski definition) is 7. The first kappa shape index (κ1) is 20.0. The van der Waals surface area contributed by atoms with Gasteiger partial charge in [-0.25, -0.2) is 13.6 Å². The number of nitrogens with two attached hydrogens (primary N) is 1. The third kappa shape index (κ3) is 4.50. The first-order valence-electron chi connectivity index (χ1n) is 9.46. The van der Waals surface area contributed by atoms with Crippen LogP contribution < -0.4 is 15.4 Å². The van der Waals surface area contributed by atoms with Gasteiger partial charge in [0.1, 0.15) is 5.69 Å². The topological polar surface area (TPSA) is 131 Å². The van der Waals surface area contributed by atoms with Crippen LogP contribution in [0.2, 0.25) is 0 Å². The van der Waals surface area contributed by atoms with Crippen LogP contribution in [0.25, 0.3) is 11.5 Å². The van der Waals surface area contributed by atoms with Crippen molar-refractivity contribution < 1.29 is 17.6 Å². The number of piperidine rings is 1. The minimum atomic E-state index is -3.76. The van der Waals surface area contributed by atoms with E-state index in [0.717, 1.165) is 19.4 Å². The van der Waals surface area contributed by atoms with Crippen molar-refractivity contribution in [2.75, 3.05) is 23.3 Å². The minimum Gasteiger partial charge on any atom is -0.463 e. The molecule has 1 aliphatic heterocycles. The number of furan rings is 1. The highest BCUT2D eigenvalue weighted by atomic mass is 32.2. The molecule has 0 aliphatic carbocycles. The molecule has 1 aliphatic rings. The van der Waals surface area contributed by atoms with Crippen LogP contribution in [0.5, 0.6) is 0 Å². The largest absolute Gasteiger partial charge is 0.463 e. The van der Waals surface area contributed by atoms with Gasteiger partial charge in [0, 0.05) is 18.8 Å². The average molecular weight is 427 g/mol. The van der Waals surface area contributed by atoms with Gasteiger partial charge < -0.3 is 14.6 Å². The van der Waals surface area contributed by atoms with Gasteiger partial charge in [-0.05, 0) is 61.4 Å². The zero-order valence-electron chi connectivity index (χ0n) is 16.1. The molecule has 0 radical (unpaired) electrons. The molecular weight excluding hydrogens is 406 g/mol. The molecule has 3 N–H and O–H groups in total. The van der Waals surface area contributed by atoms with Gasteiger partial charge in [-0.1, -0.05) is 0 Å². The van der Waals surface area contributed by atoms with E-state index in [1.54, 1.807) is 12.3 Å². The molecule has 1 aromatic carbocycles. The van der Waals surface area contributed by atoms with E-state index in [4.69, 9.17) is 9.56 Å². The Hall–Kier alpha value is -3.24. The standard InChI is InChI=1S/C20H21N5O4S/c21-30(27,28)16-7-5-15(6-8-16)22-20(26)14-3-1-11-25(13-14)19-10-9-17(23-24-19)18-4-2-12-29-18/h2,4-10,12,14H,1,3,11,13H2,(H,22,26)(H2,21,27,28). The molecule has 9 nitrogen and oxygen atoms in total. The van der Waals surface area contributed by atoms with Crippen LogP contribution in [0.15, 0.2) is 64.1 Å². The summed E-state index contributed by atoms with van der Waals surface area (Å²) in [4.78, 5) is 14.7. The van der Waals surface area contributed by atoms with Crippen molar-refractivity contribution >= 4 is 27.4 Å². The number of benzene rings is 1. The summed E-state index contributed by atoms with van der Waals surface area (Å²) in [5.41, 5.74) is 1.17. The fraction of sp³-hybridized carbons (Fsp3) is 0.250. The van der Waals surface area contributed by atoms with Crippen LogP contribution in [0.1, 0.15) is 12.8 Å². The van der Waals surface area contributed by atoms with E-state index >= 15 is 0 Å². The molecule has 0 bridgehead atoms. The van der Waals surface area contributed by atoms with Crippen LogP contribution >= 0.6 is 0 Å². The number of aromatic nitrogens is 2. The number of primary sulfonamides is 1. The minimum absolute atomic E-state index is 0.000843. The van der Waals surface area contributed by atoms with E-state index in [-0.39, 0.29) is 16.7 Å². The molecule has 10 heteroatoms. The van der Waals surface area contributed by atoms with Crippen molar-refractivity contribution in [3.8, 4) is 11.5 Å². The van der Waals surface area contributed by atoms with Gasteiger partial charge in [0.05, 0.1) is 17.1 Å². The second kappa shape index (κ2) is 8.25. The molecule has 4 rings (SSSR count).